The van der Waals surface area contributed by atoms with Gasteiger partial charge in [0.05, 0.1) is 10.6 Å². The van der Waals surface area contributed by atoms with E-state index in [1.807, 2.05) is 0 Å². The molecule has 190 valence electrons. The SMILES string of the molecule is CCNC(=O)[C@@H](C)N(Cc1ccccc1Cl)C(=O)CN(c1ccccc1)S(=O)(=O)c1ccc(Cl)cc1. The first-order chi connectivity index (χ1) is 17.1. The fourth-order valence-corrected chi connectivity index (χ4v) is 5.31. The van der Waals surface area contributed by atoms with Crippen LogP contribution in [0.1, 0.15) is 19.4 Å². The Morgan fingerprint density at radius 1 is 0.917 bits per heavy atom. The molecule has 0 aliphatic heterocycles. The van der Waals surface area contributed by atoms with E-state index in [2.05, 4.69) is 5.32 Å². The van der Waals surface area contributed by atoms with Gasteiger partial charge in [-0.3, -0.25) is 13.9 Å². The number of carbonyl (C=O) groups is 2. The van der Waals surface area contributed by atoms with Crippen LogP contribution in [-0.2, 0) is 26.2 Å². The van der Waals surface area contributed by atoms with Gasteiger partial charge in [-0.05, 0) is 61.9 Å². The normalized spacial score (nSPS) is 12.0. The average molecular weight is 548 g/mol. The average Bonchev–Trinajstić information content (AvgIpc) is 2.87. The molecule has 0 bridgehead atoms. The molecule has 1 atom stereocenters. The zero-order valence-electron chi connectivity index (χ0n) is 19.9. The molecular weight excluding hydrogens is 521 g/mol. The summed E-state index contributed by atoms with van der Waals surface area (Å²) in [5.41, 5.74) is 0.944. The molecule has 0 fully saturated rings. The standard InChI is InChI=1S/C26H27Cl2N3O4S/c1-3-29-26(33)19(2)30(17-20-9-7-8-12-24(20)28)25(32)18-31(22-10-5-4-6-11-22)36(34,35)23-15-13-21(27)14-16-23/h4-16,19H,3,17-18H2,1-2H3,(H,29,33)/t19-/m1/s1. The minimum atomic E-state index is -4.14. The lowest BCUT2D eigenvalue weighted by atomic mass is 10.1. The van der Waals surface area contributed by atoms with Crippen LogP contribution in [-0.4, -0.2) is 44.3 Å². The number of anilines is 1. The van der Waals surface area contributed by atoms with E-state index in [0.717, 1.165) is 4.31 Å². The summed E-state index contributed by atoms with van der Waals surface area (Å²) in [4.78, 5) is 27.7. The Balaban J connectivity index is 2.01. The molecule has 0 aromatic heterocycles. The summed E-state index contributed by atoms with van der Waals surface area (Å²) in [7, 11) is -4.14. The number of para-hydroxylation sites is 1. The van der Waals surface area contributed by atoms with E-state index in [1.165, 1.54) is 29.2 Å². The number of halogens is 2. The van der Waals surface area contributed by atoms with Gasteiger partial charge >= 0.3 is 0 Å². The quantitative estimate of drug-likeness (QED) is 0.397. The number of hydrogen-bond donors (Lipinski definition) is 1. The Morgan fingerprint density at radius 3 is 2.14 bits per heavy atom. The van der Waals surface area contributed by atoms with Gasteiger partial charge in [-0.1, -0.05) is 59.6 Å². The predicted molar refractivity (Wildman–Crippen MR) is 143 cm³/mol. The summed E-state index contributed by atoms with van der Waals surface area (Å²) in [5.74, 6) is -0.917. The minimum Gasteiger partial charge on any atom is -0.355 e. The highest BCUT2D eigenvalue weighted by Gasteiger charge is 2.32. The number of likely N-dealkylation sites (N-methyl/N-ethyl adjacent to an activating group) is 1. The molecular formula is C26H27Cl2N3O4S. The molecule has 3 aromatic rings. The maximum atomic E-state index is 13.7. The molecule has 2 amide bonds. The summed E-state index contributed by atoms with van der Waals surface area (Å²) < 4.78 is 28.3. The van der Waals surface area contributed by atoms with Crippen LogP contribution in [0.3, 0.4) is 0 Å². The van der Waals surface area contributed by atoms with Crippen molar-refractivity contribution in [3.63, 3.8) is 0 Å². The van der Waals surface area contributed by atoms with Crippen LogP contribution in [0.2, 0.25) is 10.0 Å². The van der Waals surface area contributed by atoms with Gasteiger partial charge in [0.1, 0.15) is 12.6 Å². The Bertz CT molecular complexity index is 1300. The third kappa shape index (κ3) is 6.57. The fraction of sp³-hybridized carbons (Fsp3) is 0.231. The minimum absolute atomic E-state index is 0.0158. The molecule has 0 radical (unpaired) electrons. The van der Waals surface area contributed by atoms with Crippen molar-refractivity contribution in [3.05, 3.63) is 94.5 Å². The van der Waals surface area contributed by atoms with Gasteiger partial charge in [-0.2, -0.15) is 0 Å². The number of nitrogens with zero attached hydrogens (tertiary/aromatic N) is 2. The van der Waals surface area contributed by atoms with Crippen LogP contribution in [0, 0.1) is 0 Å². The smallest absolute Gasteiger partial charge is 0.264 e. The lowest BCUT2D eigenvalue weighted by Crippen LogP contribution is -2.51. The van der Waals surface area contributed by atoms with Crippen molar-refractivity contribution in [2.24, 2.45) is 0 Å². The molecule has 3 rings (SSSR count). The first-order valence-electron chi connectivity index (χ1n) is 11.3. The molecule has 10 heteroatoms. The molecule has 7 nitrogen and oxygen atoms in total. The van der Waals surface area contributed by atoms with Crippen LogP contribution in [0.25, 0.3) is 0 Å². The van der Waals surface area contributed by atoms with E-state index >= 15 is 0 Å². The van der Waals surface area contributed by atoms with E-state index in [9.17, 15) is 18.0 Å². The summed E-state index contributed by atoms with van der Waals surface area (Å²) in [5, 5.41) is 3.54. The van der Waals surface area contributed by atoms with Crippen LogP contribution >= 0.6 is 23.2 Å². The Kier molecular flexibility index (Phi) is 9.37. The predicted octanol–water partition coefficient (Wildman–Crippen LogP) is 4.74. The van der Waals surface area contributed by atoms with Crippen LogP contribution in [0.5, 0.6) is 0 Å². The first-order valence-corrected chi connectivity index (χ1v) is 13.5. The highest BCUT2D eigenvalue weighted by molar-refractivity contribution is 7.92. The Morgan fingerprint density at radius 2 is 1.53 bits per heavy atom. The Labute approximate surface area is 221 Å². The molecule has 0 saturated carbocycles. The van der Waals surface area contributed by atoms with E-state index in [1.54, 1.807) is 68.4 Å². The van der Waals surface area contributed by atoms with Gasteiger partial charge in [-0.25, -0.2) is 8.42 Å². The number of sulfonamides is 1. The van der Waals surface area contributed by atoms with E-state index < -0.39 is 28.5 Å². The van der Waals surface area contributed by atoms with Crippen LogP contribution in [0.15, 0.2) is 83.8 Å². The third-order valence-electron chi connectivity index (χ3n) is 5.54. The van der Waals surface area contributed by atoms with Crippen LogP contribution < -0.4 is 9.62 Å². The van der Waals surface area contributed by atoms with Crippen molar-refractivity contribution in [1.29, 1.82) is 0 Å². The first kappa shape index (κ1) is 27.5. The third-order valence-corrected chi connectivity index (χ3v) is 7.95. The maximum absolute atomic E-state index is 13.7. The second-order valence-electron chi connectivity index (χ2n) is 7.98. The number of nitrogens with one attached hydrogen (secondary N) is 1. The second kappa shape index (κ2) is 12.3. The molecule has 36 heavy (non-hydrogen) atoms. The largest absolute Gasteiger partial charge is 0.355 e. The molecule has 0 heterocycles. The number of carbonyl (C=O) groups excluding carboxylic acids is 2. The highest BCUT2D eigenvalue weighted by atomic mass is 35.5. The van der Waals surface area contributed by atoms with Crippen molar-refractivity contribution in [3.8, 4) is 0 Å². The lowest BCUT2D eigenvalue weighted by Gasteiger charge is -2.32. The van der Waals surface area contributed by atoms with Crippen LogP contribution in [0.4, 0.5) is 5.69 Å². The summed E-state index contributed by atoms with van der Waals surface area (Å²) >= 11 is 12.3. The van der Waals surface area contributed by atoms with Crippen molar-refractivity contribution < 1.29 is 18.0 Å². The second-order valence-corrected chi connectivity index (χ2v) is 10.7. The summed E-state index contributed by atoms with van der Waals surface area (Å²) in [6, 6.07) is 20.2. The number of amides is 2. The highest BCUT2D eigenvalue weighted by Crippen LogP contribution is 2.26. The molecule has 3 aromatic carbocycles. The van der Waals surface area contributed by atoms with Gasteiger partial charge in [0.25, 0.3) is 10.0 Å². The number of rotatable bonds is 10. The van der Waals surface area contributed by atoms with Crippen molar-refractivity contribution in [1.82, 2.24) is 10.2 Å². The van der Waals surface area contributed by atoms with Crippen molar-refractivity contribution >= 4 is 50.7 Å². The number of hydrogen-bond acceptors (Lipinski definition) is 4. The van der Waals surface area contributed by atoms with E-state index in [0.29, 0.717) is 27.8 Å². The maximum Gasteiger partial charge on any atom is 0.264 e. The van der Waals surface area contributed by atoms with Gasteiger partial charge < -0.3 is 10.2 Å². The molecule has 0 saturated heterocycles. The Hall–Kier alpha value is -3.07. The number of benzene rings is 3. The van der Waals surface area contributed by atoms with Gasteiger partial charge in [0.2, 0.25) is 11.8 Å². The van der Waals surface area contributed by atoms with Gasteiger partial charge in [0, 0.05) is 23.1 Å². The van der Waals surface area contributed by atoms with Gasteiger partial charge in [0.15, 0.2) is 0 Å². The monoisotopic (exact) mass is 547 g/mol. The zero-order valence-corrected chi connectivity index (χ0v) is 22.2. The molecule has 0 aliphatic carbocycles. The van der Waals surface area contributed by atoms with E-state index in [4.69, 9.17) is 23.2 Å². The lowest BCUT2D eigenvalue weighted by molar-refractivity contribution is -0.139. The topological polar surface area (TPSA) is 86.8 Å². The fourth-order valence-electron chi connectivity index (χ4n) is 3.57. The van der Waals surface area contributed by atoms with Gasteiger partial charge in [-0.15, -0.1) is 0 Å². The molecule has 1 N–H and O–H groups in total. The summed E-state index contributed by atoms with van der Waals surface area (Å²) in [6.45, 7) is 3.27. The van der Waals surface area contributed by atoms with Crippen molar-refractivity contribution in [2.75, 3.05) is 17.4 Å². The van der Waals surface area contributed by atoms with Crippen molar-refractivity contribution in [2.45, 2.75) is 31.3 Å². The summed E-state index contributed by atoms with van der Waals surface area (Å²) in [6.07, 6.45) is 0. The zero-order chi connectivity index (χ0) is 26.3. The molecule has 0 unspecified atom stereocenters. The van der Waals surface area contributed by atoms with E-state index in [-0.39, 0.29) is 17.3 Å². The molecule has 0 spiro atoms. The molecule has 0 aliphatic rings.